The van der Waals surface area contributed by atoms with E-state index >= 15 is 0 Å². The van der Waals surface area contributed by atoms with Gasteiger partial charge in [-0.1, -0.05) is 24.6 Å². The quantitative estimate of drug-likeness (QED) is 0.459. The predicted molar refractivity (Wildman–Crippen MR) is 70.6 cm³/mol. The number of sulfonamides is 1. The molecule has 0 spiro atoms. The second-order valence-corrected chi connectivity index (χ2v) is 7.04. The van der Waals surface area contributed by atoms with Crippen molar-refractivity contribution in [2.75, 3.05) is 13.1 Å². The van der Waals surface area contributed by atoms with Crippen LogP contribution in [-0.2, 0) is 10.0 Å². The molecule has 0 unspecified atom stereocenters. The zero-order valence-corrected chi connectivity index (χ0v) is 11.9. The van der Waals surface area contributed by atoms with E-state index in [1.165, 1.54) is 6.08 Å². The molecule has 100 valence electrons. The van der Waals surface area contributed by atoms with Gasteiger partial charge in [-0.15, -0.1) is 17.9 Å². The van der Waals surface area contributed by atoms with Crippen molar-refractivity contribution in [2.45, 2.75) is 11.1 Å². The third-order valence-electron chi connectivity index (χ3n) is 2.12. The van der Waals surface area contributed by atoms with E-state index in [1.54, 1.807) is 6.92 Å². The Balaban J connectivity index is 3.24. The summed E-state index contributed by atoms with van der Waals surface area (Å²) < 4.78 is 25.2. The van der Waals surface area contributed by atoms with Gasteiger partial charge in [-0.2, -0.15) is 4.31 Å². The highest BCUT2D eigenvalue weighted by molar-refractivity contribution is 7.91. The van der Waals surface area contributed by atoms with Crippen molar-refractivity contribution < 1.29 is 13.3 Å². The van der Waals surface area contributed by atoms with Crippen LogP contribution in [0.5, 0.6) is 0 Å². The Bertz CT molecular complexity index is 567. The molecular formula is C9H11ClN2O4S2. The van der Waals surface area contributed by atoms with Gasteiger partial charge < -0.3 is 0 Å². The summed E-state index contributed by atoms with van der Waals surface area (Å²) in [6, 6.07) is 0.980. The molecule has 1 aromatic rings. The van der Waals surface area contributed by atoms with E-state index in [1.807, 2.05) is 0 Å². The number of hydrogen-bond donors (Lipinski definition) is 0. The molecule has 0 amide bonds. The van der Waals surface area contributed by atoms with Gasteiger partial charge in [0.1, 0.15) is 4.21 Å². The lowest BCUT2D eigenvalue weighted by molar-refractivity contribution is -0.384. The van der Waals surface area contributed by atoms with Crippen LogP contribution in [0.15, 0.2) is 22.9 Å². The van der Waals surface area contributed by atoms with Crippen molar-refractivity contribution in [3.05, 3.63) is 33.2 Å². The summed E-state index contributed by atoms with van der Waals surface area (Å²) in [5, 5.41) is 10.6. The van der Waals surface area contributed by atoms with E-state index in [-0.39, 0.29) is 21.6 Å². The molecule has 0 atom stereocenters. The van der Waals surface area contributed by atoms with E-state index in [0.29, 0.717) is 11.3 Å². The van der Waals surface area contributed by atoms with Gasteiger partial charge in [-0.05, 0) is 0 Å². The number of halogens is 1. The van der Waals surface area contributed by atoms with Crippen molar-refractivity contribution in [2.24, 2.45) is 0 Å². The Morgan fingerprint density at radius 3 is 2.67 bits per heavy atom. The number of likely N-dealkylation sites (N-methyl/N-ethyl adjacent to an activating group) is 1. The molecule has 0 radical (unpaired) electrons. The van der Waals surface area contributed by atoms with E-state index in [4.69, 9.17) is 11.6 Å². The molecule has 0 N–H and O–H groups in total. The minimum atomic E-state index is -3.76. The number of hydrogen-bond acceptors (Lipinski definition) is 5. The number of nitrogens with zero attached hydrogens (tertiary/aromatic N) is 2. The molecule has 9 heteroatoms. The summed E-state index contributed by atoms with van der Waals surface area (Å²) in [7, 11) is -3.76. The van der Waals surface area contributed by atoms with Crippen molar-refractivity contribution in [3.8, 4) is 0 Å². The summed E-state index contributed by atoms with van der Waals surface area (Å²) >= 11 is 6.32. The molecule has 1 rings (SSSR count). The first-order chi connectivity index (χ1) is 8.34. The van der Waals surface area contributed by atoms with Crippen molar-refractivity contribution in [1.82, 2.24) is 4.31 Å². The molecule has 0 saturated heterocycles. The molecule has 0 fully saturated rings. The van der Waals surface area contributed by atoms with Crippen LogP contribution in [0.25, 0.3) is 0 Å². The fraction of sp³-hybridized carbons (Fsp3) is 0.333. The highest BCUT2D eigenvalue weighted by atomic mass is 35.5. The third-order valence-corrected chi connectivity index (χ3v) is 5.85. The number of rotatable bonds is 6. The molecule has 0 aliphatic rings. The lowest BCUT2D eigenvalue weighted by Crippen LogP contribution is -2.30. The zero-order chi connectivity index (χ0) is 13.9. The fourth-order valence-corrected chi connectivity index (χ4v) is 4.50. The summed E-state index contributed by atoms with van der Waals surface area (Å²) in [4.78, 5) is 9.92. The van der Waals surface area contributed by atoms with Gasteiger partial charge in [0.25, 0.3) is 15.7 Å². The van der Waals surface area contributed by atoms with Crippen molar-refractivity contribution in [1.29, 1.82) is 0 Å². The summed E-state index contributed by atoms with van der Waals surface area (Å²) in [5.41, 5.74) is -0.394. The standard InChI is InChI=1S/C9H11ClN2O4S2/c1-3-5-11(4-2)18(15,16)8-6-7(12(13)14)9(10)17-8/h3,6H,1,4-5H2,2H3. The van der Waals surface area contributed by atoms with Crippen LogP contribution in [0.2, 0.25) is 4.34 Å². The smallest absolute Gasteiger partial charge is 0.258 e. The summed E-state index contributed by atoms with van der Waals surface area (Å²) in [6.45, 7) is 5.53. The minimum Gasteiger partial charge on any atom is -0.258 e. The largest absolute Gasteiger partial charge is 0.300 e. The molecule has 1 aromatic heterocycles. The van der Waals surface area contributed by atoms with Gasteiger partial charge >= 0.3 is 0 Å². The molecule has 0 aromatic carbocycles. The highest BCUT2D eigenvalue weighted by Gasteiger charge is 2.29. The van der Waals surface area contributed by atoms with Gasteiger partial charge in [0.2, 0.25) is 0 Å². The zero-order valence-electron chi connectivity index (χ0n) is 9.50. The van der Waals surface area contributed by atoms with E-state index in [2.05, 4.69) is 6.58 Å². The normalized spacial score (nSPS) is 11.7. The van der Waals surface area contributed by atoms with Crippen LogP contribution in [0, 0.1) is 10.1 Å². The average Bonchev–Trinajstić information content (AvgIpc) is 2.68. The fourth-order valence-electron chi connectivity index (χ4n) is 1.26. The maximum atomic E-state index is 12.1. The molecular weight excluding hydrogens is 300 g/mol. The molecule has 18 heavy (non-hydrogen) atoms. The van der Waals surface area contributed by atoms with Crippen molar-refractivity contribution in [3.63, 3.8) is 0 Å². The van der Waals surface area contributed by atoms with Crippen LogP contribution in [0.3, 0.4) is 0 Å². The molecule has 0 aliphatic carbocycles. The molecule has 0 bridgehead atoms. The van der Waals surface area contributed by atoms with E-state index in [0.717, 1.165) is 10.4 Å². The number of thiophene rings is 1. The van der Waals surface area contributed by atoms with Crippen LogP contribution in [0.1, 0.15) is 6.92 Å². The second kappa shape index (κ2) is 5.79. The van der Waals surface area contributed by atoms with E-state index < -0.39 is 20.6 Å². The molecule has 6 nitrogen and oxygen atoms in total. The first kappa shape index (κ1) is 15.1. The van der Waals surface area contributed by atoms with Gasteiger partial charge in [0.05, 0.1) is 4.92 Å². The van der Waals surface area contributed by atoms with Gasteiger partial charge in [-0.3, -0.25) is 10.1 Å². The van der Waals surface area contributed by atoms with Gasteiger partial charge in [-0.25, -0.2) is 8.42 Å². The first-order valence-electron chi connectivity index (χ1n) is 4.89. The second-order valence-electron chi connectivity index (χ2n) is 3.23. The minimum absolute atomic E-state index is 0.136. The predicted octanol–water partition coefficient (Wildman–Crippen LogP) is 2.51. The van der Waals surface area contributed by atoms with Crippen LogP contribution < -0.4 is 0 Å². The highest BCUT2D eigenvalue weighted by Crippen LogP contribution is 2.37. The Morgan fingerprint density at radius 1 is 1.67 bits per heavy atom. The first-order valence-corrected chi connectivity index (χ1v) is 7.52. The monoisotopic (exact) mass is 310 g/mol. The van der Waals surface area contributed by atoms with E-state index in [9.17, 15) is 18.5 Å². The van der Waals surface area contributed by atoms with Crippen LogP contribution >= 0.6 is 22.9 Å². The Hall–Kier alpha value is -0.960. The van der Waals surface area contributed by atoms with Crippen LogP contribution in [-0.4, -0.2) is 30.7 Å². The molecule has 0 aliphatic heterocycles. The lowest BCUT2D eigenvalue weighted by atomic mass is 10.6. The molecule has 0 saturated carbocycles. The maximum Gasteiger partial charge on any atom is 0.300 e. The summed E-state index contributed by atoms with van der Waals surface area (Å²) in [5.74, 6) is 0. The summed E-state index contributed by atoms with van der Waals surface area (Å²) in [6.07, 6.45) is 1.45. The Kier molecular flexibility index (Phi) is 4.85. The van der Waals surface area contributed by atoms with Crippen LogP contribution in [0.4, 0.5) is 5.69 Å². The SMILES string of the molecule is C=CCN(CC)S(=O)(=O)c1cc([N+](=O)[O-])c(Cl)s1. The average molecular weight is 311 g/mol. The van der Waals surface area contributed by atoms with Gasteiger partial charge in [0.15, 0.2) is 4.34 Å². The Labute approximate surface area is 114 Å². The topological polar surface area (TPSA) is 80.5 Å². The molecule has 1 heterocycles. The Morgan fingerprint density at radius 2 is 2.28 bits per heavy atom. The van der Waals surface area contributed by atoms with Gasteiger partial charge in [0, 0.05) is 19.2 Å². The third kappa shape index (κ3) is 2.89. The maximum absolute atomic E-state index is 12.1. The number of nitro groups is 1. The van der Waals surface area contributed by atoms with Crippen molar-refractivity contribution >= 4 is 38.6 Å². The lowest BCUT2D eigenvalue weighted by Gasteiger charge is -2.16.